The van der Waals surface area contributed by atoms with Crippen molar-refractivity contribution in [3.05, 3.63) is 35.9 Å². The zero-order chi connectivity index (χ0) is 16.7. The third-order valence-electron chi connectivity index (χ3n) is 4.85. The molecule has 0 aromatic heterocycles. The Labute approximate surface area is 138 Å². The first kappa shape index (κ1) is 17.5. The van der Waals surface area contributed by atoms with E-state index >= 15 is 0 Å². The van der Waals surface area contributed by atoms with Crippen LogP contribution in [0.4, 0.5) is 0 Å². The Morgan fingerprint density at radius 2 is 1.83 bits per heavy atom. The van der Waals surface area contributed by atoms with E-state index in [-0.39, 0.29) is 17.7 Å². The molecule has 1 aromatic carbocycles. The molecule has 0 spiro atoms. The molecule has 2 N–H and O–H groups in total. The maximum absolute atomic E-state index is 12.5. The van der Waals surface area contributed by atoms with Crippen LogP contribution in [0.3, 0.4) is 0 Å². The number of nitrogens with one attached hydrogen (secondary N) is 1. The molecule has 1 aromatic rings. The monoisotopic (exact) mass is 317 g/mol. The van der Waals surface area contributed by atoms with Crippen molar-refractivity contribution in [1.29, 1.82) is 0 Å². The molecular formula is C19H27NO3. The number of rotatable bonds is 7. The lowest BCUT2D eigenvalue weighted by Gasteiger charge is -2.28. The first-order valence-corrected chi connectivity index (χ1v) is 8.69. The van der Waals surface area contributed by atoms with Crippen LogP contribution in [0.5, 0.6) is 0 Å². The number of aliphatic carboxylic acids is 1. The highest BCUT2D eigenvalue weighted by molar-refractivity contribution is 5.84. The van der Waals surface area contributed by atoms with Gasteiger partial charge in [-0.2, -0.15) is 0 Å². The van der Waals surface area contributed by atoms with Crippen LogP contribution in [0, 0.1) is 11.8 Å². The van der Waals surface area contributed by atoms with Crippen molar-refractivity contribution in [1.82, 2.24) is 5.32 Å². The first-order valence-electron chi connectivity index (χ1n) is 8.69. The topological polar surface area (TPSA) is 66.4 Å². The zero-order valence-electron chi connectivity index (χ0n) is 13.8. The maximum atomic E-state index is 12.5. The van der Waals surface area contributed by atoms with Gasteiger partial charge in [0.1, 0.15) is 0 Å². The predicted molar refractivity (Wildman–Crippen MR) is 90.2 cm³/mol. The molecule has 0 radical (unpaired) electrons. The molecule has 0 saturated heterocycles. The number of hydrogen-bond acceptors (Lipinski definition) is 2. The van der Waals surface area contributed by atoms with E-state index in [0.29, 0.717) is 19.4 Å². The van der Waals surface area contributed by atoms with E-state index in [1.807, 2.05) is 18.2 Å². The van der Waals surface area contributed by atoms with Crippen molar-refractivity contribution in [2.24, 2.45) is 11.8 Å². The SMILES string of the molecule is CCC[C@H](CNC(=O)[C@@H]1CCCC[C@@H]1C(=O)O)c1ccccc1. The molecule has 1 fully saturated rings. The predicted octanol–water partition coefficient (Wildman–Crippen LogP) is 3.58. The van der Waals surface area contributed by atoms with Gasteiger partial charge in [-0.05, 0) is 24.8 Å². The molecule has 126 valence electrons. The second kappa shape index (κ2) is 8.70. The summed E-state index contributed by atoms with van der Waals surface area (Å²) in [6.07, 6.45) is 5.22. The van der Waals surface area contributed by atoms with Crippen LogP contribution in [0.2, 0.25) is 0 Å². The van der Waals surface area contributed by atoms with Crippen molar-refractivity contribution in [2.75, 3.05) is 6.54 Å². The molecule has 0 aliphatic heterocycles. The molecule has 0 unspecified atom stereocenters. The molecule has 2 rings (SSSR count). The molecule has 23 heavy (non-hydrogen) atoms. The highest BCUT2D eigenvalue weighted by Crippen LogP contribution is 2.30. The third kappa shape index (κ3) is 4.81. The third-order valence-corrected chi connectivity index (χ3v) is 4.85. The van der Waals surface area contributed by atoms with Gasteiger partial charge in [0.2, 0.25) is 5.91 Å². The van der Waals surface area contributed by atoms with Crippen molar-refractivity contribution in [2.45, 2.75) is 51.4 Å². The van der Waals surface area contributed by atoms with E-state index in [1.54, 1.807) is 0 Å². The van der Waals surface area contributed by atoms with Gasteiger partial charge in [0, 0.05) is 12.5 Å². The Morgan fingerprint density at radius 3 is 2.43 bits per heavy atom. The molecule has 3 atom stereocenters. The average molecular weight is 317 g/mol. The Hall–Kier alpha value is -1.84. The summed E-state index contributed by atoms with van der Waals surface area (Å²) in [6, 6.07) is 10.2. The van der Waals surface area contributed by atoms with Crippen LogP contribution in [0.25, 0.3) is 0 Å². The second-order valence-electron chi connectivity index (χ2n) is 6.48. The van der Waals surface area contributed by atoms with Crippen LogP contribution in [-0.2, 0) is 9.59 Å². The number of carbonyl (C=O) groups is 2. The molecule has 0 bridgehead atoms. The van der Waals surface area contributed by atoms with Crippen LogP contribution in [-0.4, -0.2) is 23.5 Å². The summed E-state index contributed by atoms with van der Waals surface area (Å²) in [4.78, 5) is 23.8. The Kier molecular flexibility index (Phi) is 6.63. The van der Waals surface area contributed by atoms with Gasteiger partial charge in [0.15, 0.2) is 0 Å². The van der Waals surface area contributed by atoms with Crippen LogP contribution in [0.1, 0.15) is 56.9 Å². The zero-order valence-corrected chi connectivity index (χ0v) is 13.8. The summed E-state index contributed by atoms with van der Waals surface area (Å²) < 4.78 is 0. The highest BCUT2D eigenvalue weighted by atomic mass is 16.4. The maximum Gasteiger partial charge on any atom is 0.307 e. The van der Waals surface area contributed by atoms with Crippen molar-refractivity contribution in [3.63, 3.8) is 0 Å². The average Bonchev–Trinajstić information content (AvgIpc) is 2.59. The Balaban J connectivity index is 1.96. The standard InChI is InChI=1S/C19H27NO3/c1-2-8-15(14-9-4-3-5-10-14)13-20-18(21)16-11-6-7-12-17(16)19(22)23/h3-5,9-10,15-17H,2,6-8,11-13H2,1H3,(H,20,21)(H,22,23)/t15-,16-,17+/m1/s1. The minimum Gasteiger partial charge on any atom is -0.481 e. The van der Waals surface area contributed by atoms with E-state index in [9.17, 15) is 14.7 Å². The largest absolute Gasteiger partial charge is 0.481 e. The Bertz CT molecular complexity index is 515. The number of benzene rings is 1. The summed E-state index contributed by atoms with van der Waals surface area (Å²) in [5, 5.41) is 12.3. The van der Waals surface area contributed by atoms with Gasteiger partial charge in [-0.25, -0.2) is 0 Å². The van der Waals surface area contributed by atoms with Crippen molar-refractivity contribution >= 4 is 11.9 Å². The van der Waals surface area contributed by atoms with Gasteiger partial charge in [-0.1, -0.05) is 56.5 Å². The Morgan fingerprint density at radius 1 is 1.17 bits per heavy atom. The van der Waals surface area contributed by atoms with Gasteiger partial charge >= 0.3 is 5.97 Å². The van der Waals surface area contributed by atoms with Crippen LogP contribution >= 0.6 is 0 Å². The van der Waals surface area contributed by atoms with Gasteiger partial charge in [0.25, 0.3) is 0 Å². The minimum absolute atomic E-state index is 0.0888. The number of amides is 1. The van der Waals surface area contributed by atoms with E-state index in [4.69, 9.17) is 0 Å². The molecule has 4 nitrogen and oxygen atoms in total. The lowest BCUT2D eigenvalue weighted by Crippen LogP contribution is -2.41. The minimum atomic E-state index is -0.835. The van der Waals surface area contributed by atoms with Crippen molar-refractivity contribution in [3.8, 4) is 0 Å². The fraction of sp³-hybridized carbons (Fsp3) is 0.579. The number of hydrogen-bond donors (Lipinski definition) is 2. The molecule has 1 aliphatic carbocycles. The summed E-state index contributed by atoms with van der Waals surface area (Å²) in [5.74, 6) is -1.53. The molecule has 0 heterocycles. The fourth-order valence-corrected chi connectivity index (χ4v) is 3.56. The number of carboxylic acids is 1. The van der Waals surface area contributed by atoms with Gasteiger partial charge in [-0.3, -0.25) is 9.59 Å². The highest BCUT2D eigenvalue weighted by Gasteiger charge is 2.35. The summed E-state index contributed by atoms with van der Waals surface area (Å²) in [6.45, 7) is 2.72. The van der Waals surface area contributed by atoms with Gasteiger partial charge in [0.05, 0.1) is 11.8 Å². The van der Waals surface area contributed by atoms with E-state index in [1.165, 1.54) is 5.56 Å². The number of carbonyl (C=O) groups excluding carboxylic acids is 1. The molecule has 1 saturated carbocycles. The fourth-order valence-electron chi connectivity index (χ4n) is 3.56. The molecule has 4 heteroatoms. The molecule has 1 amide bonds. The van der Waals surface area contributed by atoms with Crippen LogP contribution < -0.4 is 5.32 Å². The van der Waals surface area contributed by atoms with E-state index in [2.05, 4.69) is 24.4 Å². The molecule has 1 aliphatic rings. The van der Waals surface area contributed by atoms with E-state index < -0.39 is 11.9 Å². The quantitative estimate of drug-likeness (QED) is 0.808. The van der Waals surface area contributed by atoms with Gasteiger partial charge in [-0.15, -0.1) is 0 Å². The lowest BCUT2D eigenvalue weighted by molar-refractivity contribution is -0.148. The summed E-state index contributed by atoms with van der Waals surface area (Å²) in [5.41, 5.74) is 1.23. The first-order chi connectivity index (χ1) is 11.1. The van der Waals surface area contributed by atoms with Crippen LogP contribution in [0.15, 0.2) is 30.3 Å². The lowest BCUT2D eigenvalue weighted by atomic mass is 9.78. The van der Waals surface area contributed by atoms with Gasteiger partial charge < -0.3 is 10.4 Å². The van der Waals surface area contributed by atoms with E-state index in [0.717, 1.165) is 25.7 Å². The number of carboxylic acid groups (broad SMARTS) is 1. The van der Waals surface area contributed by atoms with Crippen molar-refractivity contribution < 1.29 is 14.7 Å². The normalized spacial score (nSPS) is 22.3. The summed E-state index contributed by atoms with van der Waals surface area (Å²) >= 11 is 0. The second-order valence-corrected chi connectivity index (χ2v) is 6.48. The summed E-state index contributed by atoms with van der Waals surface area (Å²) in [7, 11) is 0. The smallest absolute Gasteiger partial charge is 0.307 e. The molecular weight excluding hydrogens is 290 g/mol.